The minimum atomic E-state index is -4.43. The Morgan fingerprint density at radius 3 is 1.08 bits per heavy atom. The van der Waals surface area contributed by atoms with Crippen LogP contribution in [0.2, 0.25) is 6.04 Å². The first-order valence-electron chi connectivity index (χ1n) is 8.00. The van der Waals surface area contributed by atoms with Crippen molar-refractivity contribution in [1.82, 2.24) is 0 Å². The standard InChI is InChI=1S/C15H31F3O6Si/c1-12(2,3)19-22-25(11-10-15(16,17)18,23-20-13(4,5)6)24-21-14(7,8)9/h10-11H2,1-9H3. The van der Waals surface area contributed by atoms with Crippen molar-refractivity contribution in [3.63, 3.8) is 0 Å². The van der Waals surface area contributed by atoms with Crippen molar-refractivity contribution in [2.75, 3.05) is 0 Å². The summed E-state index contributed by atoms with van der Waals surface area (Å²) in [5.74, 6) is 0. The lowest BCUT2D eigenvalue weighted by Gasteiger charge is -2.33. The van der Waals surface area contributed by atoms with Crippen molar-refractivity contribution in [2.24, 2.45) is 0 Å². The van der Waals surface area contributed by atoms with Gasteiger partial charge in [0.1, 0.15) is 0 Å². The molecule has 0 bridgehead atoms. The van der Waals surface area contributed by atoms with Gasteiger partial charge < -0.3 is 0 Å². The van der Waals surface area contributed by atoms with E-state index >= 15 is 0 Å². The molecule has 25 heavy (non-hydrogen) atoms. The molecule has 0 unspecified atom stereocenters. The second-order valence-electron chi connectivity index (χ2n) is 8.64. The lowest BCUT2D eigenvalue weighted by molar-refractivity contribution is -0.410. The van der Waals surface area contributed by atoms with E-state index in [0.717, 1.165) is 0 Å². The summed E-state index contributed by atoms with van der Waals surface area (Å²) < 4.78 is 53.9. The van der Waals surface area contributed by atoms with Gasteiger partial charge in [0.15, 0.2) is 0 Å². The highest BCUT2D eigenvalue weighted by atomic mass is 28.4. The Balaban J connectivity index is 5.41. The molecule has 0 aliphatic rings. The maximum absolute atomic E-state index is 12.7. The van der Waals surface area contributed by atoms with Crippen molar-refractivity contribution >= 4 is 8.80 Å². The molecule has 0 fully saturated rings. The predicted molar refractivity (Wildman–Crippen MR) is 87.0 cm³/mol. The molecule has 0 aromatic carbocycles. The van der Waals surface area contributed by atoms with Gasteiger partial charge in [-0.2, -0.15) is 13.2 Å². The Hall–Kier alpha value is -0.233. The number of rotatable bonds is 8. The van der Waals surface area contributed by atoms with Crippen LogP contribution in [0.3, 0.4) is 0 Å². The van der Waals surface area contributed by atoms with Crippen LogP contribution in [0, 0.1) is 0 Å². The number of hydrogen-bond acceptors (Lipinski definition) is 6. The van der Waals surface area contributed by atoms with Gasteiger partial charge >= 0.3 is 15.0 Å². The van der Waals surface area contributed by atoms with Gasteiger partial charge in [-0.3, -0.25) is 0 Å². The van der Waals surface area contributed by atoms with Crippen LogP contribution < -0.4 is 0 Å². The third-order valence-electron chi connectivity index (χ3n) is 1.97. The molecule has 0 aliphatic carbocycles. The van der Waals surface area contributed by atoms with Crippen LogP contribution in [0.4, 0.5) is 13.2 Å². The molecule has 10 heteroatoms. The summed E-state index contributed by atoms with van der Waals surface area (Å²) in [5.41, 5.74) is -2.40. The SMILES string of the molecule is CC(C)(C)OO[Si](CCC(F)(F)F)(OOC(C)(C)C)OOC(C)(C)C. The molecule has 0 saturated heterocycles. The van der Waals surface area contributed by atoms with Gasteiger partial charge in [-0.1, -0.05) is 0 Å². The van der Waals surface area contributed by atoms with Crippen LogP contribution in [0.1, 0.15) is 68.7 Å². The molecule has 0 amide bonds. The average molecular weight is 392 g/mol. The van der Waals surface area contributed by atoms with E-state index in [-0.39, 0.29) is 0 Å². The van der Waals surface area contributed by atoms with E-state index in [1.807, 2.05) is 0 Å². The number of alkyl halides is 3. The Bertz CT molecular complexity index is 319. The summed E-state index contributed by atoms with van der Waals surface area (Å²) in [6.07, 6.45) is -5.63. The van der Waals surface area contributed by atoms with Gasteiger partial charge in [-0.15, -0.1) is 0 Å². The van der Waals surface area contributed by atoms with Gasteiger partial charge in [0.05, 0.1) is 16.8 Å². The van der Waals surface area contributed by atoms with E-state index in [0.29, 0.717) is 0 Å². The molecule has 0 spiro atoms. The topological polar surface area (TPSA) is 55.4 Å². The molecule has 0 saturated carbocycles. The highest BCUT2D eigenvalue weighted by Gasteiger charge is 2.52. The van der Waals surface area contributed by atoms with E-state index in [4.69, 9.17) is 28.4 Å². The van der Waals surface area contributed by atoms with E-state index in [1.165, 1.54) is 0 Å². The maximum Gasteiger partial charge on any atom is 0.584 e. The van der Waals surface area contributed by atoms with Gasteiger partial charge in [0.25, 0.3) is 0 Å². The molecule has 0 aliphatic heterocycles. The highest BCUT2D eigenvalue weighted by Crippen LogP contribution is 2.31. The highest BCUT2D eigenvalue weighted by molar-refractivity contribution is 6.59. The lowest BCUT2D eigenvalue weighted by Crippen LogP contribution is -2.50. The number of halogens is 3. The molecule has 0 atom stereocenters. The number of hydrogen-bond donors (Lipinski definition) is 0. The van der Waals surface area contributed by atoms with E-state index < -0.39 is 44.2 Å². The Kier molecular flexibility index (Phi) is 8.56. The van der Waals surface area contributed by atoms with Crippen LogP contribution in [0.15, 0.2) is 0 Å². The Morgan fingerprint density at radius 2 is 0.880 bits per heavy atom. The monoisotopic (exact) mass is 392 g/mol. The van der Waals surface area contributed by atoms with Crippen LogP contribution in [-0.4, -0.2) is 31.8 Å². The van der Waals surface area contributed by atoms with Gasteiger partial charge in [0, 0.05) is 12.5 Å². The summed E-state index contributed by atoms with van der Waals surface area (Å²) >= 11 is 0. The maximum atomic E-state index is 12.7. The first-order chi connectivity index (χ1) is 10.8. The summed E-state index contributed by atoms with van der Waals surface area (Å²) in [6, 6.07) is -0.626. The molecule has 0 aromatic rings. The van der Waals surface area contributed by atoms with Crippen LogP contribution >= 0.6 is 0 Å². The second kappa shape index (κ2) is 8.64. The summed E-state index contributed by atoms with van der Waals surface area (Å²) in [4.78, 5) is 15.5. The largest absolute Gasteiger partial charge is 0.584 e. The molecule has 0 rings (SSSR count). The molecular formula is C15H31F3O6Si. The van der Waals surface area contributed by atoms with Gasteiger partial charge in [-0.25, -0.2) is 28.4 Å². The van der Waals surface area contributed by atoms with Crippen molar-refractivity contribution in [3.8, 4) is 0 Å². The van der Waals surface area contributed by atoms with E-state index in [2.05, 4.69) is 0 Å². The van der Waals surface area contributed by atoms with Crippen LogP contribution in [0.25, 0.3) is 0 Å². The van der Waals surface area contributed by atoms with Crippen molar-refractivity contribution in [2.45, 2.75) is 97.8 Å². The predicted octanol–water partition coefficient (Wildman–Crippen LogP) is 5.12. The van der Waals surface area contributed by atoms with Crippen molar-refractivity contribution in [1.29, 1.82) is 0 Å². The zero-order valence-electron chi connectivity index (χ0n) is 16.5. The molecule has 0 N–H and O–H groups in total. The van der Waals surface area contributed by atoms with Gasteiger partial charge in [0.2, 0.25) is 0 Å². The fourth-order valence-corrected chi connectivity index (χ4v) is 3.08. The van der Waals surface area contributed by atoms with E-state index in [9.17, 15) is 13.2 Å². The minimum Gasteiger partial charge on any atom is -0.237 e. The molecule has 6 nitrogen and oxygen atoms in total. The zero-order valence-corrected chi connectivity index (χ0v) is 17.5. The third kappa shape index (κ3) is 14.6. The van der Waals surface area contributed by atoms with Crippen molar-refractivity contribution < 1.29 is 41.6 Å². The molecule has 0 heterocycles. The Morgan fingerprint density at radius 1 is 0.600 bits per heavy atom. The van der Waals surface area contributed by atoms with Crippen LogP contribution in [0.5, 0.6) is 0 Å². The zero-order chi connectivity index (χ0) is 20.2. The third-order valence-corrected chi connectivity index (χ3v) is 3.84. The molecule has 0 aromatic heterocycles. The molecular weight excluding hydrogens is 361 g/mol. The first-order valence-corrected chi connectivity index (χ1v) is 9.93. The normalized spacial score (nSPS) is 14.9. The first kappa shape index (κ1) is 24.8. The average Bonchev–Trinajstić information content (AvgIpc) is 2.33. The summed E-state index contributed by atoms with van der Waals surface area (Å²) in [6.45, 7) is 15.0. The fraction of sp³-hybridized carbons (Fsp3) is 1.00. The summed E-state index contributed by atoms with van der Waals surface area (Å²) in [7, 11) is -4.12. The Labute approximate surface area is 149 Å². The van der Waals surface area contributed by atoms with Gasteiger partial charge in [-0.05, 0) is 62.3 Å². The minimum absolute atomic E-state index is 0.626. The fourth-order valence-electron chi connectivity index (χ4n) is 1.03. The van der Waals surface area contributed by atoms with E-state index in [1.54, 1.807) is 62.3 Å². The quantitative estimate of drug-likeness (QED) is 0.325. The van der Waals surface area contributed by atoms with Crippen LogP contribution in [-0.2, 0) is 28.4 Å². The smallest absolute Gasteiger partial charge is 0.237 e. The lowest BCUT2D eigenvalue weighted by atomic mass is 10.2. The van der Waals surface area contributed by atoms with Crippen molar-refractivity contribution in [3.05, 3.63) is 0 Å². The summed E-state index contributed by atoms with van der Waals surface area (Å²) in [5, 5.41) is 0. The molecule has 0 radical (unpaired) electrons. The molecule has 152 valence electrons. The second-order valence-corrected chi connectivity index (χ2v) is 11.0.